The molecule has 2 amide bonds. The van der Waals surface area contributed by atoms with Crippen LogP contribution in [0.3, 0.4) is 0 Å². The first-order valence-corrected chi connectivity index (χ1v) is 11.4. The third kappa shape index (κ3) is 4.87. The Labute approximate surface area is 198 Å². The van der Waals surface area contributed by atoms with Crippen LogP contribution in [0.25, 0.3) is 6.08 Å². The highest BCUT2D eigenvalue weighted by molar-refractivity contribution is 9.10. The highest BCUT2D eigenvalue weighted by Gasteiger charge is 2.37. The molecular weight excluding hydrogens is 498 g/mol. The molecule has 0 unspecified atom stereocenters. The van der Waals surface area contributed by atoms with E-state index < -0.39 is 0 Å². The number of hydrogen-bond donors (Lipinski definition) is 0. The van der Waals surface area contributed by atoms with Gasteiger partial charge in [-0.15, -0.1) is 0 Å². The van der Waals surface area contributed by atoms with Crippen LogP contribution in [0.5, 0.6) is 5.75 Å². The quantitative estimate of drug-likeness (QED) is 0.337. The first kappa shape index (κ1) is 21.7. The fourth-order valence-corrected chi connectivity index (χ4v) is 4.59. The minimum Gasteiger partial charge on any atom is -0.488 e. The Kier molecular flexibility index (Phi) is 6.51. The molecule has 156 valence electrons. The fraction of sp³-hybridized carbons (Fsp3) is 0.0833. The number of imide groups is 1. The monoisotopic (exact) mass is 513 g/mol. The topological polar surface area (TPSA) is 46.6 Å². The van der Waals surface area contributed by atoms with E-state index in [0.717, 1.165) is 32.3 Å². The van der Waals surface area contributed by atoms with Crippen LogP contribution in [-0.2, 0) is 11.4 Å². The number of carbonyl (C=O) groups excluding carboxylic acids is 2. The largest absolute Gasteiger partial charge is 0.488 e. The van der Waals surface area contributed by atoms with Gasteiger partial charge in [-0.2, -0.15) is 0 Å². The van der Waals surface area contributed by atoms with Gasteiger partial charge in [0.05, 0.1) is 20.1 Å². The Balaban J connectivity index is 1.50. The number of anilines is 1. The van der Waals surface area contributed by atoms with Crippen molar-refractivity contribution >= 4 is 62.2 Å². The van der Waals surface area contributed by atoms with E-state index in [-0.39, 0.29) is 11.1 Å². The summed E-state index contributed by atoms with van der Waals surface area (Å²) in [5.74, 6) is 0.306. The first-order valence-electron chi connectivity index (χ1n) is 9.43. The molecule has 0 bridgehead atoms. The second kappa shape index (κ2) is 9.30. The lowest BCUT2D eigenvalue weighted by Crippen LogP contribution is -2.27. The molecule has 1 saturated heterocycles. The number of para-hydroxylation sites is 1. The summed E-state index contributed by atoms with van der Waals surface area (Å²) in [6.07, 6.45) is 1.69. The summed E-state index contributed by atoms with van der Waals surface area (Å²) in [5.41, 5.74) is 3.44. The lowest BCUT2D eigenvalue weighted by Gasteiger charge is -2.13. The molecule has 4 rings (SSSR count). The number of benzene rings is 3. The molecule has 0 aromatic heterocycles. The van der Waals surface area contributed by atoms with Gasteiger partial charge in [0.1, 0.15) is 12.4 Å². The van der Waals surface area contributed by atoms with Crippen molar-refractivity contribution in [2.24, 2.45) is 0 Å². The summed E-state index contributed by atoms with van der Waals surface area (Å²) in [5, 5.41) is -0.0228. The van der Waals surface area contributed by atoms with E-state index in [1.807, 2.05) is 49.4 Å². The van der Waals surface area contributed by atoms with E-state index >= 15 is 0 Å². The van der Waals surface area contributed by atoms with E-state index in [4.69, 9.17) is 16.3 Å². The second-order valence-electron chi connectivity index (χ2n) is 6.93. The lowest BCUT2D eigenvalue weighted by atomic mass is 10.1. The summed E-state index contributed by atoms with van der Waals surface area (Å²) in [7, 11) is 0. The molecule has 0 saturated carbocycles. The summed E-state index contributed by atoms with van der Waals surface area (Å²) in [4.78, 5) is 26.7. The van der Waals surface area contributed by atoms with Gasteiger partial charge in [0, 0.05) is 0 Å². The summed E-state index contributed by atoms with van der Waals surface area (Å²) in [6, 6.07) is 20.5. The minimum absolute atomic E-state index is 0.338. The number of amides is 2. The average molecular weight is 515 g/mol. The first-order chi connectivity index (χ1) is 14.9. The fourth-order valence-electron chi connectivity index (χ4n) is 3.03. The molecule has 3 aromatic carbocycles. The Morgan fingerprint density at radius 3 is 2.52 bits per heavy atom. The highest BCUT2D eigenvalue weighted by atomic mass is 79.9. The molecule has 0 spiro atoms. The number of halogens is 2. The summed E-state index contributed by atoms with van der Waals surface area (Å²) >= 11 is 10.6. The predicted molar refractivity (Wildman–Crippen MR) is 130 cm³/mol. The van der Waals surface area contributed by atoms with Gasteiger partial charge in [-0.1, -0.05) is 59.6 Å². The predicted octanol–water partition coefficient (Wildman–Crippen LogP) is 7.23. The van der Waals surface area contributed by atoms with Crippen molar-refractivity contribution in [1.82, 2.24) is 0 Å². The van der Waals surface area contributed by atoms with Gasteiger partial charge in [0.25, 0.3) is 11.1 Å². The van der Waals surface area contributed by atoms with Crippen LogP contribution in [0.4, 0.5) is 10.5 Å². The van der Waals surface area contributed by atoms with Crippen molar-refractivity contribution in [3.8, 4) is 5.75 Å². The Hall–Kier alpha value is -2.54. The van der Waals surface area contributed by atoms with Gasteiger partial charge in [-0.25, -0.2) is 4.90 Å². The maximum Gasteiger partial charge on any atom is 0.298 e. The molecule has 4 nitrogen and oxygen atoms in total. The summed E-state index contributed by atoms with van der Waals surface area (Å²) < 4.78 is 6.66. The van der Waals surface area contributed by atoms with Gasteiger partial charge in [-0.05, 0) is 76.1 Å². The zero-order chi connectivity index (χ0) is 22.0. The zero-order valence-corrected chi connectivity index (χ0v) is 19.6. The van der Waals surface area contributed by atoms with Gasteiger partial charge in [0.2, 0.25) is 0 Å². The van der Waals surface area contributed by atoms with Crippen molar-refractivity contribution in [3.05, 3.63) is 97.8 Å². The SMILES string of the molecule is Cc1ccc(COc2ccc(/C=C3\SC(=O)N(c4ccccc4Cl)C3=O)cc2Br)cc1. The maximum atomic E-state index is 12.8. The van der Waals surface area contributed by atoms with Gasteiger partial charge < -0.3 is 4.74 Å². The van der Waals surface area contributed by atoms with E-state index in [1.165, 1.54) is 5.56 Å². The maximum absolute atomic E-state index is 12.8. The molecule has 0 atom stereocenters. The van der Waals surface area contributed by atoms with Crippen molar-refractivity contribution in [2.45, 2.75) is 13.5 Å². The number of carbonyl (C=O) groups is 2. The van der Waals surface area contributed by atoms with Crippen molar-refractivity contribution < 1.29 is 14.3 Å². The molecule has 7 heteroatoms. The standard InChI is InChI=1S/C24H17BrClNO3S/c1-15-6-8-16(9-7-15)14-30-21-11-10-17(12-18(21)25)13-22-23(28)27(24(29)31-22)20-5-3-2-4-19(20)26/h2-13H,14H2,1H3/b22-13-. The van der Waals surface area contributed by atoms with Gasteiger partial charge in [0.15, 0.2) is 0 Å². The van der Waals surface area contributed by atoms with Crippen LogP contribution in [0.15, 0.2) is 76.1 Å². The van der Waals surface area contributed by atoms with Crippen LogP contribution >= 0.6 is 39.3 Å². The average Bonchev–Trinajstić information content (AvgIpc) is 3.02. The van der Waals surface area contributed by atoms with Crippen LogP contribution in [0.2, 0.25) is 5.02 Å². The third-order valence-corrected chi connectivity index (χ3v) is 6.46. The molecule has 31 heavy (non-hydrogen) atoms. The number of ether oxygens (including phenoxy) is 1. The van der Waals surface area contributed by atoms with Crippen LogP contribution < -0.4 is 9.64 Å². The number of aryl methyl sites for hydroxylation is 1. The third-order valence-electron chi connectivity index (χ3n) is 4.66. The van der Waals surface area contributed by atoms with E-state index in [2.05, 4.69) is 15.9 Å². The smallest absolute Gasteiger partial charge is 0.298 e. The second-order valence-corrected chi connectivity index (χ2v) is 9.19. The normalized spacial score (nSPS) is 15.1. The molecule has 1 aliphatic rings. The Morgan fingerprint density at radius 2 is 1.81 bits per heavy atom. The van der Waals surface area contributed by atoms with Crippen LogP contribution in [0.1, 0.15) is 16.7 Å². The van der Waals surface area contributed by atoms with E-state index in [9.17, 15) is 9.59 Å². The number of rotatable bonds is 5. The molecule has 3 aromatic rings. The number of thioether (sulfide) groups is 1. The molecule has 0 radical (unpaired) electrons. The Bertz CT molecular complexity index is 1190. The molecule has 1 fully saturated rings. The molecule has 1 heterocycles. The van der Waals surface area contributed by atoms with Crippen molar-refractivity contribution in [1.29, 1.82) is 0 Å². The van der Waals surface area contributed by atoms with Crippen LogP contribution in [0, 0.1) is 6.92 Å². The highest BCUT2D eigenvalue weighted by Crippen LogP contribution is 2.39. The van der Waals surface area contributed by atoms with Gasteiger partial charge in [-0.3, -0.25) is 9.59 Å². The summed E-state index contributed by atoms with van der Waals surface area (Å²) in [6.45, 7) is 2.50. The van der Waals surface area contributed by atoms with Crippen molar-refractivity contribution in [2.75, 3.05) is 4.90 Å². The van der Waals surface area contributed by atoms with E-state index in [1.54, 1.807) is 30.3 Å². The zero-order valence-electron chi connectivity index (χ0n) is 16.5. The number of nitrogens with zero attached hydrogens (tertiary/aromatic N) is 1. The van der Waals surface area contributed by atoms with Gasteiger partial charge >= 0.3 is 0 Å². The molecular formula is C24H17BrClNO3S. The molecule has 0 aliphatic carbocycles. The van der Waals surface area contributed by atoms with Crippen LogP contribution in [-0.4, -0.2) is 11.1 Å². The Morgan fingerprint density at radius 1 is 1.06 bits per heavy atom. The van der Waals surface area contributed by atoms with Crippen molar-refractivity contribution in [3.63, 3.8) is 0 Å². The van der Waals surface area contributed by atoms with E-state index in [0.29, 0.717) is 28.0 Å². The molecule has 0 N–H and O–H groups in total. The lowest BCUT2D eigenvalue weighted by molar-refractivity contribution is -0.113. The minimum atomic E-state index is -0.390. The number of hydrogen-bond acceptors (Lipinski definition) is 4. The molecule has 1 aliphatic heterocycles.